The lowest BCUT2D eigenvalue weighted by molar-refractivity contribution is -0.117. The second-order valence-corrected chi connectivity index (χ2v) is 4.90. The number of methoxy groups -OCH3 is 1. The van der Waals surface area contributed by atoms with Crippen molar-refractivity contribution in [3.05, 3.63) is 27.2 Å². The maximum atomic E-state index is 12.0. The van der Waals surface area contributed by atoms with Crippen LogP contribution in [0.15, 0.2) is 21.9 Å². The number of aromatic nitrogens is 1. The number of carbonyl (C=O) groups is 1. The smallest absolute Gasteiger partial charge is 0.227 e. The first-order chi connectivity index (χ1) is 9.15. The Labute approximate surface area is 118 Å². The summed E-state index contributed by atoms with van der Waals surface area (Å²) in [4.78, 5) is 20.5. The topological polar surface area (TPSA) is 91.2 Å². The normalized spacial score (nSPS) is 18.3. The van der Waals surface area contributed by atoms with Gasteiger partial charge in [0.2, 0.25) is 11.8 Å². The predicted octanol–water partition coefficient (Wildman–Crippen LogP) is 2.52. The van der Waals surface area contributed by atoms with Gasteiger partial charge < -0.3 is 9.64 Å². The average Bonchev–Trinajstić information content (AvgIpc) is 2.77. The van der Waals surface area contributed by atoms with Crippen LogP contribution in [-0.2, 0) is 4.79 Å². The van der Waals surface area contributed by atoms with Gasteiger partial charge in [-0.15, -0.1) is 0 Å². The molecule has 1 saturated heterocycles. The summed E-state index contributed by atoms with van der Waals surface area (Å²) < 4.78 is 5.57. The molecular formula is C11H12BrN5O2. The largest absolute Gasteiger partial charge is 0.481 e. The van der Waals surface area contributed by atoms with Gasteiger partial charge in [-0.3, -0.25) is 4.79 Å². The molecule has 2 heterocycles. The Balaban J connectivity index is 2.18. The Kier molecular flexibility index (Phi) is 4.24. The van der Waals surface area contributed by atoms with Gasteiger partial charge in [0.05, 0.1) is 12.8 Å². The molecule has 0 radical (unpaired) electrons. The van der Waals surface area contributed by atoms with Crippen LogP contribution in [0.3, 0.4) is 0 Å². The molecule has 0 aliphatic carbocycles. The zero-order valence-corrected chi connectivity index (χ0v) is 11.9. The lowest BCUT2D eigenvalue weighted by Crippen LogP contribution is -2.25. The minimum absolute atomic E-state index is 0.00538. The summed E-state index contributed by atoms with van der Waals surface area (Å²) in [6, 6.07) is 3.48. The van der Waals surface area contributed by atoms with Crippen LogP contribution in [0.2, 0.25) is 0 Å². The number of rotatable bonds is 4. The molecule has 0 saturated carbocycles. The fourth-order valence-electron chi connectivity index (χ4n) is 2.01. The summed E-state index contributed by atoms with van der Waals surface area (Å²) in [7, 11) is 1.53. The van der Waals surface area contributed by atoms with Crippen molar-refractivity contribution in [3.8, 4) is 5.88 Å². The van der Waals surface area contributed by atoms with Crippen molar-refractivity contribution in [1.29, 1.82) is 0 Å². The third kappa shape index (κ3) is 2.97. The summed E-state index contributed by atoms with van der Waals surface area (Å²) in [5.41, 5.74) is 9.01. The number of amides is 1. The molecule has 0 spiro atoms. The highest BCUT2D eigenvalue weighted by atomic mass is 79.9. The second kappa shape index (κ2) is 5.90. The SMILES string of the molecule is COc1ccc(N2CC(CN=[N+]=[N-])CC2=O)c(Br)n1. The molecule has 1 amide bonds. The molecule has 100 valence electrons. The van der Waals surface area contributed by atoms with Gasteiger partial charge in [0, 0.05) is 30.5 Å². The zero-order chi connectivity index (χ0) is 13.8. The van der Waals surface area contributed by atoms with E-state index >= 15 is 0 Å². The number of hydrogen-bond acceptors (Lipinski definition) is 4. The van der Waals surface area contributed by atoms with E-state index in [-0.39, 0.29) is 11.8 Å². The van der Waals surface area contributed by atoms with Crippen LogP contribution >= 0.6 is 15.9 Å². The summed E-state index contributed by atoms with van der Waals surface area (Å²) >= 11 is 3.33. The van der Waals surface area contributed by atoms with Gasteiger partial charge in [0.1, 0.15) is 4.60 Å². The Morgan fingerprint density at radius 2 is 2.47 bits per heavy atom. The average molecular weight is 326 g/mol. The zero-order valence-electron chi connectivity index (χ0n) is 10.3. The molecule has 7 nitrogen and oxygen atoms in total. The first-order valence-electron chi connectivity index (χ1n) is 5.67. The fourth-order valence-corrected chi connectivity index (χ4v) is 2.53. The molecule has 0 bridgehead atoms. The highest BCUT2D eigenvalue weighted by molar-refractivity contribution is 9.10. The van der Waals surface area contributed by atoms with E-state index in [4.69, 9.17) is 10.3 Å². The molecule has 1 atom stereocenters. The van der Waals surface area contributed by atoms with E-state index in [9.17, 15) is 4.79 Å². The van der Waals surface area contributed by atoms with Crippen LogP contribution < -0.4 is 9.64 Å². The first kappa shape index (κ1) is 13.6. The van der Waals surface area contributed by atoms with Gasteiger partial charge in [-0.1, -0.05) is 5.11 Å². The van der Waals surface area contributed by atoms with Crippen molar-refractivity contribution >= 4 is 27.5 Å². The summed E-state index contributed by atoms with van der Waals surface area (Å²) in [6.07, 6.45) is 0.386. The van der Waals surface area contributed by atoms with Gasteiger partial charge in [-0.25, -0.2) is 4.98 Å². The van der Waals surface area contributed by atoms with Gasteiger partial charge in [0.25, 0.3) is 0 Å². The van der Waals surface area contributed by atoms with E-state index in [1.807, 2.05) is 0 Å². The van der Waals surface area contributed by atoms with Crippen LogP contribution in [0.1, 0.15) is 6.42 Å². The summed E-state index contributed by atoms with van der Waals surface area (Å²) in [5.74, 6) is 0.538. The highest BCUT2D eigenvalue weighted by Gasteiger charge is 2.31. The number of ether oxygens (including phenoxy) is 1. The first-order valence-corrected chi connectivity index (χ1v) is 6.46. The molecule has 1 aromatic rings. The number of hydrogen-bond donors (Lipinski definition) is 0. The molecule has 1 aliphatic rings. The molecule has 8 heteroatoms. The standard InChI is InChI=1S/C11H12BrN5O2/c1-19-9-3-2-8(11(12)15-9)17-6-7(4-10(17)18)5-14-16-13/h2-3,7H,4-6H2,1H3. The third-order valence-corrected chi connectivity index (χ3v) is 3.50. The molecule has 1 aliphatic heterocycles. The molecule has 0 N–H and O–H groups in total. The predicted molar refractivity (Wildman–Crippen MR) is 73.0 cm³/mol. The van der Waals surface area contributed by atoms with Gasteiger partial charge in [-0.2, -0.15) is 0 Å². The molecule has 0 aromatic carbocycles. The lowest BCUT2D eigenvalue weighted by Gasteiger charge is -2.17. The van der Waals surface area contributed by atoms with E-state index in [2.05, 4.69) is 30.9 Å². The summed E-state index contributed by atoms with van der Waals surface area (Å²) in [6.45, 7) is 0.865. The van der Waals surface area contributed by atoms with Crippen molar-refractivity contribution in [1.82, 2.24) is 4.98 Å². The van der Waals surface area contributed by atoms with Gasteiger partial charge in [-0.05, 0) is 33.4 Å². The Morgan fingerprint density at radius 1 is 1.68 bits per heavy atom. The van der Waals surface area contributed by atoms with Gasteiger partial charge >= 0.3 is 0 Å². The third-order valence-electron chi connectivity index (χ3n) is 2.91. The van der Waals surface area contributed by atoms with Crippen molar-refractivity contribution in [2.45, 2.75) is 6.42 Å². The van der Waals surface area contributed by atoms with Crippen LogP contribution in [0.25, 0.3) is 10.4 Å². The minimum Gasteiger partial charge on any atom is -0.481 e. The maximum Gasteiger partial charge on any atom is 0.227 e. The quantitative estimate of drug-likeness (QED) is 0.368. The Morgan fingerprint density at radius 3 is 3.11 bits per heavy atom. The van der Waals surface area contributed by atoms with Crippen LogP contribution in [0, 0.1) is 5.92 Å². The van der Waals surface area contributed by atoms with Crippen LogP contribution in [-0.4, -0.2) is 31.1 Å². The maximum absolute atomic E-state index is 12.0. The highest BCUT2D eigenvalue weighted by Crippen LogP contribution is 2.31. The Bertz CT molecular complexity index is 544. The fraction of sp³-hybridized carbons (Fsp3) is 0.455. The van der Waals surface area contributed by atoms with Crippen LogP contribution in [0.4, 0.5) is 5.69 Å². The van der Waals surface area contributed by atoms with Crippen LogP contribution in [0.5, 0.6) is 5.88 Å². The minimum atomic E-state index is 0.00538. The number of azide groups is 1. The monoisotopic (exact) mass is 325 g/mol. The van der Waals surface area contributed by atoms with E-state index < -0.39 is 0 Å². The number of pyridine rings is 1. The van der Waals surface area contributed by atoms with Crippen molar-refractivity contribution < 1.29 is 9.53 Å². The van der Waals surface area contributed by atoms with E-state index in [1.54, 1.807) is 17.0 Å². The molecular weight excluding hydrogens is 314 g/mol. The molecule has 2 rings (SSSR count). The van der Waals surface area contributed by atoms with E-state index in [0.29, 0.717) is 35.7 Å². The Hall–Kier alpha value is -1.79. The number of halogens is 1. The van der Waals surface area contributed by atoms with Gasteiger partial charge in [0.15, 0.2) is 0 Å². The number of anilines is 1. The number of carbonyl (C=O) groups excluding carboxylic acids is 1. The van der Waals surface area contributed by atoms with Crippen molar-refractivity contribution in [2.24, 2.45) is 11.0 Å². The number of nitrogens with zero attached hydrogens (tertiary/aromatic N) is 5. The summed E-state index contributed by atoms with van der Waals surface area (Å²) in [5, 5.41) is 3.52. The molecule has 1 aromatic heterocycles. The molecule has 1 fully saturated rings. The van der Waals surface area contributed by atoms with E-state index in [1.165, 1.54) is 7.11 Å². The van der Waals surface area contributed by atoms with Crippen molar-refractivity contribution in [2.75, 3.05) is 25.1 Å². The molecule has 1 unspecified atom stereocenters. The van der Waals surface area contributed by atoms with Crippen molar-refractivity contribution in [3.63, 3.8) is 0 Å². The lowest BCUT2D eigenvalue weighted by atomic mass is 10.1. The van der Waals surface area contributed by atoms with E-state index in [0.717, 1.165) is 0 Å². The molecule has 19 heavy (non-hydrogen) atoms. The second-order valence-electron chi connectivity index (χ2n) is 4.15.